The maximum Gasteiger partial charge on any atom is 0.323 e. The molecule has 164 valence electrons. The number of amides is 2. The predicted octanol–water partition coefficient (Wildman–Crippen LogP) is 5.02. The van der Waals surface area contributed by atoms with Crippen molar-refractivity contribution in [2.24, 2.45) is 7.05 Å². The highest BCUT2D eigenvalue weighted by atomic mass is 16.5. The number of hydrogen-bond acceptors (Lipinski definition) is 4. The van der Waals surface area contributed by atoms with Crippen molar-refractivity contribution in [1.29, 1.82) is 0 Å². The van der Waals surface area contributed by atoms with Gasteiger partial charge in [0.15, 0.2) is 11.5 Å². The molecule has 2 amide bonds. The van der Waals surface area contributed by atoms with Crippen LogP contribution in [0.15, 0.2) is 66.7 Å². The van der Waals surface area contributed by atoms with Gasteiger partial charge in [-0.3, -0.25) is 0 Å². The molecule has 32 heavy (non-hydrogen) atoms. The van der Waals surface area contributed by atoms with Gasteiger partial charge in [0.05, 0.1) is 25.3 Å². The third-order valence-electron chi connectivity index (χ3n) is 5.37. The molecular formula is C25H26N4O3. The van der Waals surface area contributed by atoms with Crippen molar-refractivity contribution in [3.05, 3.63) is 78.1 Å². The van der Waals surface area contributed by atoms with Crippen LogP contribution in [0.1, 0.15) is 11.4 Å². The molecule has 0 unspecified atom stereocenters. The predicted molar refractivity (Wildman–Crippen MR) is 127 cm³/mol. The lowest BCUT2D eigenvalue weighted by atomic mass is 10.1. The number of benzene rings is 3. The normalized spacial score (nSPS) is 10.7. The summed E-state index contributed by atoms with van der Waals surface area (Å²) >= 11 is 0. The van der Waals surface area contributed by atoms with Gasteiger partial charge in [0.2, 0.25) is 0 Å². The maximum absolute atomic E-state index is 12.3. The molecular weight excluding hydrogens is 404 g/mol. The monoisotopic (exact) mass is 430 g/mol. The summed E-state index contributed by atoms with van der Waals surface area (Å²) < 4.78 is 12.6. The molecule has 0 radical (unpaired) electrons. The maximum atomic E-state index is 12.3. The fourth-order valence-corrected chi connectivity index (χ4v) is 3.64. The van der Waals surface area contributed by atoms with Crippen LogP contribution in [0.5, 0.6) is 11.5 Å². The van der Waals surface area contributed by atoms with Gasteiger partial charge in [-0.15, -0.1) is 0 Å². The topological polar surface area (TPSA) is 77.4 Å². The molecule has 3 aromatic carbocycles. The van der Waals surface area contributed by atoms with Crippen molar-refractivity contribution < 1.29 is 14.3 Å². The van der Waals surface area contributed by atoms with Gasteiger partial charge >= 0.3 is 6.03 Å². The number of nitrogens with one attached hydrogen (secondary N) is 2. The van der Waals surface area contributed by atoms with E-state index in [1.165, 1.54) is 5.56 Å². The van der Waals surface area contributed by atoms with E-state index in [4.69, 9.17) is 14.5 Å². The van der Waals surface area contributed by atoms with Gasteiger partial charge in [0.25, 0.3) is 0 Å². The molecule has 1 heterocycles. The van der Waals surface area contributed by atoms with Crippen molar-refractivity contribution in [3.63, 3.8) is 0 Å². The van der Waals surface area contributed by atoms with E-state index in [1.54, 1.807) is 32.4 Å². The minimum atomic E-state index is -0.329. The molecule has 0 saturated carbocycles. The first-order chi connectivity index (χ1) is 15.6. The molecule has 1 aromatic heterocycles. The molecule has 7 heteroatoms. The number of rotatable bonds is 7. The molecule has 0 aliphatic rings. The van der Waals surface area contributed by atoms with Crippen LogP contribution in [0.3, 0.4) is 0 Å². The van der Waals surface area contributed by atoms with E-state index < -0.39 is 0 Å². The van der Waals surface area contributed by atoms with E-state index in [0.29, 0.717) is 17.2 Å². The highest BCUT2D eigenvalue weighted by Crippen LogP contribution is 2.29. The molecule has 4 rings (SSSR count). The summed E-state index contributed by atoms with van der Waals surface area (Å²) in [6.07, 6.45) is 1.72. The molecule has 2 N–H and O–H groups in total. The number of hydrogen-bond donors (Lipinski definition) is 2. The fourth-order valence-electron chi connectivity index (χ4n) is 3.64. The molecule has 0 saturated heterocycles. The largest absolute Gasteiger partial charge is 0.493 e. The number of ether oxygens (including phenoxy) is 2. The first kappa shape index (κ1) is 21.2. The highest BCUT2D eigenvalue weighted by molar-refractivity contribution is 5.99. The van der Waals surface area contributed by atoms with Gasteiger partial charge < -0.3 is 24.7 Å². The van der Waals surface area contributed by atoms with Crippen LogP contribution in [-0.2, 0) is 19.9 Å². The van der Waals surface area contributed by atoms with Crippen LogP contribution in [-0.4, -0.2) is 29.8 Å². The van der Waals surface area contributed by atoms with Gasteiger partial charge in [-0.05, 0) is 48.4 Å². The second kappa shape index (κ2) is 9.43. The highest BCUT2D eigenvalue weighted by Gasteiger charge is 2.09. The number of anilines is 2. The number of imidazole rings is 1. The molecule has 0 aliphatic heterocycles. The SMILES string of the molecule is COc1ccc(NC(=O)Nc2ccc(CCc3nc4ccccc4n3C)cc2)cc1OC. The number of aryl methyl sites for hydroxylation is 3. The second-order valence-corrected chi connectivity index (χ2v) is 7.42. The zero-order chi connectivity index (χ0) is 22.5. The van der Waals surface area contributed by atoms with Gasteiger partial charge in [0, 0.05) is 30.9 Å². The standard InChI is InChI=1S/C25H26N4O3/c1-29-21-7-5-4-6-20(21)28-24(29)15-10-17-8-11-18(12-9-17)26-25(30)27-19-13-14-22(31-2)23(16-19)32-3/h4-9,11-14,16H,10,15H2,1-3H3,(H2,26,27,30). The lowest BCUT2D eigenvalue weighted by Gasteiger charge is -2.11. The van der Waals surface area contributed by atoms with Crippen molar-refractivity contribution in [1.82, 2.24) is 9.55 Å². The summed E-state index contributed by atoms with van der Waals surface area (Å²) in [6, 6.07) is 20.9. The Hall–Kier alpha value is -4.00. The Morgan fingerprint density at radius 1 is 0.875 bits per heavy atom. The van der Waals surface area contributed by atoms with Gasteiger partial charge in [0.1, 0.15) is 5.82 Å². The first-order valence-electron chi connectivity index (χ1n) is 10.4. The van der Waals surface area contributed by atoms with Crippen molar-refractivity contribution in [2.75, 3.05) is 24.9 Å². The van der Waals surface area contributed by atoms with E-state index in [1.807, 2.05) is 42.5 Å². The van der Waals surface area contributed by atoms with E-state index in [9.17, 15) is 4.79 Å². The Kier molecular flexibility index (Phi) is 6.26. The van der Waals surface area contributed by atoms with Crippen LogP contribution < -0.4 is 20.1 Å². The number of carbonyl (C=O) groups excluding carboxylic acids is 1. The average Bonchev–Trinajstić information content (AvgIpc) is 3.14. The molecule has 4 aromatic rings. The quantitative estimate of drug-likeness (QED) is 0.432. The van der Waals surface area contributed by atoms with Crippen LogP contribution >= 0.6 is 0 Å². The van der Waals surface area contributed by atoms with Crippen molar-refractivity contribution in [3.8, 4) is 11.5 Å². The Morgan fingerprint density at radius 2 is 1.56 bits per heavy atom. The number of aromatic nitrogens is 2. The molecule has 0 atom stereocenters. The van der Waals surface area contributed by atoms with Crippen LogP contribution in [0.25, 0.3) is 11.0 Å². The summed E-state index contributed by atoms with van der Waals surface area (Å²) in [6.45, 7) is 0. The third-order valence-corrected chi connectivity index (χ3v) is 5.37. The van der Waals surface area contributed by atoms with Crippen LogP contribution in [0, 0.1) is 0 Å². The number of urea groups is 1. The summed E-state index contributed by atoms with van der Waals surface area (Å²) in [5.74, 6) is 2.21. The number of para-hydroxylation sites is 2. The first-order valence-corrected chi connectivity index (χ1v) is 10.4. The summed E-state index contributed by atoms with van der Waals surface area (Å²) in [5, 5.41) is 5.65. The molecule has 7 nitrogen and oxygen atoms in total. The van der Waals surface area contributed by atoms with Gasteiger partial charge in [-0.2, -0.15) is 0 Å². The Morgan fingerprint density at radius 3 is 2.28 bits per heavy atom. The zero-order valence-electron chi connectivity index (χ0n) is 18.4. The van der Waals surface area contributed by atoms with Crippen LogP contribution in [0.2, 0.25) is 0 Å². The summed E-state index contributed by atoms with van der Waals surface area (Å²) in [4.78, 5) is 17.1. The van der Waals surface area contributed by atoms with E-state index in [-0.39, 0.29) is 6.03 Å². The number of methoxy groups -OCH3 is 2. The Balaban J connectivity index is 1.34. The number of fused-ring (bicyclic) bond motifs is 1. The lowest BCUT2D eigenvalue weighted by Crippen LogP contribution is -2.19. The van der Waals surface area contributed by atoms with Gasteiger partial charge in [-0.1, -0.05) is 24.3 Å². The minimum absolute atomic E-state index is 0.329. The summed E-state index contributed by atoms with van der Waals surface area (Å²) in [5.41, 5.74) is 4.67. The Labute approximate surface area is 187 Å². The Bertz CT molecular complexity index is 1230. The van der Waals surface area contributed by atoms with Crippen LogP contribution in [0.4, 0.5) is 16.2 Å². The van der Waals surface area contributed by atoms with Gasteiger partial charge in [-0.25, -0.2) is 9.78 Å². The molecule has 0 fully saturated rings. The number of nitrogens with zero attached hydrogens (tertiary/aromatic N) is 2. The van der Waals surface area contributed by atoms with Crippen molar-refractivity contribution >= 4 is 28.4 Å². The molecule has 0 spiro atoms. The average molecular weight is 431 g/mol. The van der Waals surface area contributed by atoms with Crippen molar-refractivity contribution in [2.45, 2.75) is 12.8 Å². The van der Waals surface area contributed by atoms with E-state index in [0.717, 1.165) is 35.4 Å². The number of carbonyl (C=O) groups is 1. The fraction of sp³-hybridized carbons (Fsp3) is 0.200. The zero-order valence-corrected chi connectivity index (χ0v) is 18.4. The minimum Gasteiger partial charge on any atom is -0.493 e. The second-order valence-electron chi connectivity index (χ2n) is 7.42. The smallest absolute Gasteiger partial charge is 0.323 e. The summed E-state index contributed by atoms with van der Waals surface area (Å²) in [7, 11) is 5.17. The molecule has 0 bridgehead atoms. The third kappa shape index (κ3) is 4.67. The van der Waals surface area contributed by atoms with E-state index in [2.05, 4.69) is 28.3 Å². The van der Waals surface area contributed by atoms with E-state index >= 15 is 0 Å². The molecule has 0 aliphatic carbocycles. The lowest BCUT2D eigenvalue weighted by molar-refractivity contribution is 0.262.